The molecular weight excluding hydrogens is 370 g/mol. The van der Waals surface area contributed by atoms with Crippen LogP contribution in [0.25, 0.3) is 0 Å². The molecule has 1 saturated carbocycles. The molecule has 1 unspecified atom stereocenters. The lowest BCUT2D eigenvalue weighted by Crippen LogP contribution is -2.63. The Hall–Kier alpha value is -2.64. The smallest absolute Gasteiger partial charge is 0.259 e. The summed E-state index contributed by atoms with van der Waals surface area (Å²) in [5.41, 5.74) is 1.13. The zero-order chi connectivity index (χ0) is 20.6. The second-order valence-electron chi connectivity index (χ2n) is 9.47. The van der Waals surface area contributed by atoms with Gasteiger partial charge in [0, 0.05) is 44.2 Å². The minimum atomic E-state index is -0.198. The number of hydrogen-bond acceptors (Lipinski definition) is 5. The van der Waals surface area contributed by atoms with Gasteiger partial charge in [-0.15, -0.1) is 0 Å². The molecule has 8 nitrogen and oxygen atoms in total. The van der Waals surface area contributed by atoms with Crippen LogP contribution in [0.1, 0.15) is 67.3 Å². The van der Waals surface area contributed by atoms with Gasteiger partial charge in [-0.05, 0) is 18.8 Å². The molecule has 2 aliphatic heterocycles. The SMILES string of the molecule is CCc1onc(C)c1C(=O)N1CC2(CC(NC(=O)[C@H]3CC3(C)C)c3nccn32)C1. The van der Waals surface area contributed by atoms with Gasteiger partial charge in [0.1, 0.15) is 17.1 Å². The quantitative estimate of drug-likeness (QED) is 0.854. The predicted molar refractivity (Wildman–Crippen MR) is 104 cm³/mol. The third kappa shape index (κ3) is 2.64. The average molecular weight is 397 g/mol. The maximum Gasteiger partial charge on any atom is 0.259 e. The topological polar surface area (TPSA) is 93.3 Å². The van der Waals surface area contributed by atoms with Gasteiger partial charge in [0.25, 0.3) is 5.91 Å². The minimum absolute atomic E-state index is 0.0277. The molecule has 8 heteroatoms. The number of carbonyl (C=O) groups is 2. The third-order valence-corrected chi connectivity index (χ3v) is 6.95. The van der Waals surface area contributed by atoms with Crippen molar-refractivity contribution in [2.75, 3.05) is 13.1 Å². The summed E-state index contributed by atoms with van der Waals surface area (Å²) in [7, 11) is 0. The lowest BCUT2D eigenvalue weighted by Gasteiger charge is -2.49. The van der Waals surface area contributed by atoms with E-state index in [0.717, 1.165) is 18.7 Å². The van der Waals surface area contributed by atoms with Crippen molar-refractivity contribution in [2.24, 2.45) is 11.3 Å². The summed E-state index contributed by atoms with van der Waals surface area (Å²) < 4.78 is 7.44. The van der Waals surface area contributed by atoms with E-state index in [2.05, 4.69) is 33.9 Å². The molecule has 4 heterocycles. The first-order valence-electron chi connectivity index (χ1n) is 10.3. The monoisotopic (exact) mass is 397 g/mol. The molecule has 2 aromatic heterocycles. The highest BCUT2D eigenvalue weighted by atomic mass is 16.5. The van der Waals surface area contributed by atoms with Crippen molar-refractivity contribution in [2.45, 2.75) is 58.5 Å². The van der Waals surface area contributed by atoms with Gasteiger partial charge in [0.15, 0.2) is 0 Å². The second-order valence-corrected chi connectivity index (χ2v) is 9.47. The first-order valence-corrected chi connectivity index (χ1v) is 10.3. The van der Waals surface area contributed by atoms with Gasteiger partial charge in [-0.1, -0.05) is 25.9 Å². The number of likely N-dealkylation sites (tertiary alicyclic amines) is 1. The van der Waals surface area contributed by atoms with E-state index in [1.807, 2.05) is 18.0 Å². The normalized spacial score (nSPS) is 25.6. The Morgan fingerprint density at radius 3 is 2.69 bits per heavy atom. The van der Waals surface area contributed by atoms with Gasteiger partial charge < -0.3 is 19.3 Å². The van der Waals surface area contributed by atoms with Crippen molar-refractivity contribution in [3.05, 3.63) is 35.2 Å². The molecule has 1 spiro atoms. The number of nitrogens with one attached hydrogen (secondary N) is 1. The van der Waals surface area contributed by atoms with Crippen molar-refractivity contribution >= 4 is 11.8 Å². The molecule has 2 fully saturated rings. The van der Waals surface area contributed by atoms with Gasteiger partial charge in [0.2, 0.25) is 5.91 Å². The molecule has 154 valence electrons. The number of aryl methyl sites for hydroxylation is 2. The Kier molecular flexibility index (Phi) is 3.76. The molecule has 1 saturated heterocycles. The van der Waals surface area contributed by atoms with Crippen LogP contribution in [0.5, 0.6) is 0 Å². The van der Waals surface area contributed by atoms with Crippen LogP contribution < -0.4 is 5.32 Å². The maximum atomic E-state index is 13.0. The fourth-order valence-electron chi connectivity index (χ4n) is 5.03. The van der Waals surface area contributed by atoms with Crippen molar-refractivity contribution in [3.8, 4) is 0 Å². The number of amides is 2. The number of rotatable bonds is 4. The van der Waals surface area contributed by atoms with Crippen LogP contribution in [0.3, 0.4) is 0 Å². The Morgan fingerprint density at radius 2 is 2.03 bits per heavy atom. The van der Waals surface area contributed by atoms with Gasteiger partial charge in [0.05, 0.1) is 17.3 Å². The molecule has 1 aliphatic carbocycles. The van der Waals surface area contributed by atoms with E-state index in [1.54, 1.807) is 13.1 Å². The van der Waals surface area contributed by atoms with E-state index in [0.29, 0.717) is 36.5 Å². The molecule has 2 amide bonds. The molecular formula is C21H27N5O3. The molecule has 2 atom stereocenters. The summed E-state index contributed by atoms with van der Waals surface area (Å²) in [6.07, 6.45) is 6.08. The van der Waals surface area contributed by atoms with Crippen LogP contribution in [0, 0.1) is 18.3 Å². The zero-order valence-corrected chi connectivity index (χ0v) is 17.4. The predicted octanol–water partition coefficient (Wildman–Crippen LogP) is 2.20. The summed E-state index contributed by atoms with van der Waals surface area (Å²) >= 11 is 0. The second kappa shape index (κ2) is 5.93. The number of hydrogen-bond donors (Lipinski definition) is 1. The van der Waals surface area contributed by atoms with E-state index < -0.39 is 0 Å². The van der Waals surface area contributed by atoms with Crippen LogP contribution in [-0.4, -0.2) is 44.5 Å². The highest BCUT2D eigenvalue weighted by Crippen LogP contribution is 2.52. The Bertz CT molecular complexity index is 998. The van der Waals surface area contributed by atoms with Crippen LogP contribution in [0.4, 0.5) is 0 Å². The Labute approximate surface area is 169 Å². The molecule has 2 aromatic rings. The summed E-state index contributed by atoms with van der Waals surface area (Å²) in [6, 6.07) is -0.102. The lowest BCUT2D eigenvalue weighted by molar-refractivity contribution is -0.123. The fourth-order valence-corrected chi connectivity index (χ4v) is 5.03. The lowest BCUT2D eigenvalue weighted by atomic mass is 9.85. The maximum absolute atomic E-state index is 13.0. The third-order valence-electron chi connectivity index (χ3n) is 6.95. The van der Waals surface area contributed by atoms with Crippen molar-refractivity contribution < 1.29 is 14.1 Å². The van der Waals surface area contributed by atoms with E-state index in [1.165, 1.54) is 0 Å². The summed E-state index contributed by atoms with van der Waals surface area (Å²) in [4.78, 5) is 32.0. The number of carbonyl (C=O) groups excluding carboxylic acids is 2. The van der Waals surface area contributed by atoms with E-state index >= 15 is 0 Å². The van der Waals surface area contributed by atoms with Crippen LogP contribution >= 0.6 is 0 Å². The number of aromatic nitrogens is 3. The highest BCUT2D eigenvalue weighted by Gasteiger charge is 2.56. The molecule has 5 rings (SSSR count). The van der Waals surface area contributed by atoms with E-state index in [9.17, 15) is 9.59 Å². The van der Waals surface area contributed by atoms with Gasteiger partial charge >= 0.3 is 0 Å². The largest absolute Gasteiger partial charge is 0.360 e. The van der Waals surface area contributed by atoms with E-state index in [-0.39, 0.29) is 34.7 Å². The van der Waals surface area contributed by atoms with Crippen LogP contribution in [0.2, 0.25) is 0 Å². The first-order chi connectivity index (χ1) is 13.8. The van der Waals surface area contributed by atoms with Crippen LogP contribution in [0.15, 0.2) is 16.9 Å². The molecule has 0 radical (unpaired) electrons. The minimum Gasteiger partial charge on any atom is -0.360 e. The number of imidazole rings is 1. The average Bonchev–Trinajstić information content (AvgIpc) is 3.04. The molecule has 0 bridgehead atoms. The van der Waals surface area contributed by atoms with Crippen molar-refractivity contribution in [1.82, 2.24) is 24.9 Å². The van der Waals surface area contributed by atoms with Crippen molar-refractivity contribution in [3.63, 3.8) is 0 Å². The Morgan fingerprint density at radius 1 is 1.31 bits per heavy atom. The zero-order valence-electron chi connectivity index (χ0n) is 17.4. The molecule has 1 N–H and O–H groups in total. The number of nitrogens with zero attached hydrogens (tertiary/aromatic N) is 4. The van der Waals surface area contributed by atoms with Crippen LogP contribution in [-0.2, 0) is 16.8 Å². The fraction of sp³-hybridized carbons (Fsp3) is 0.619. The number of fused-ring (bicyclic) bond motifs is 2. The highest BCUT2D eigenvalue weighted by molar-refractivity contribution is 5.96. The van der Waals surface area contributed by atoms with Gasteiger partial charge in [-0.3, -0.25) is 9.59 Å². The first kappa shape index (κ1) is 18.4. The molecule has 29 heavy (non-hydrogen) atoms. The Balaban J connectivity index is 1.31. The van der Waals surface area contributed by atoms with Gasteiger partial charge in [-0.2, -0.15) is 0 Å². The summed E-state index contributed by atoms with van der Waals surface area (Å²) in [5.74, 6) is 1.71. The summed E-state index contributed by atoms with van der Waals surface area (Å²) in [5, 5.41) is 7.17. The van der Waals surface area contributed by atoms with Crippen molar-refractivity contribution in [1.29, 1.82) is 0 Å². The van der Waals surface area contributed by atoms with E-state index in [4.69, 9.17) is 4.52 Å². The summed E-state index contributed by atoms with van der Waals surface area (Å²) in [6.45, 7) is 9.22. The molecule has 3 aliphatic rings. The molecule has 0 aromatic carbocycles. The van der Waals surface area contributed by atoms with Gasteiger partial charge in [-0.25, -0.2) is 4.98 Å². The standard InChI is InChI=1S/C21H27N5O3/c1-5-15-16(12(2)24-29-15)19(28)25-10-21(11-25)9-14(17-22-6-7-26(17)21)23-18(27)13-8-20(13,3)4/h6-7,13-14H,5,8-11H2,1-4H3,(H,23,27)/t13-,14?/m1/s1.